The second-order valence-corrected chi connectivity index (χ2v) is 22.2. The number of carbonyl (C=O) groups excluding carboxylic acids is 6. The highest BCUT2D eigenvalue weighted by atomic mass is 16.5. The molecule has 0 atom stereocenters. The molecular formula is C61H94N6O10. The van der Waals surface area contributed by atoms with Crippen molar-refractivity contribution in [2.45, 2.75) is 178 Å². The average molecular weight is 1070 g/mol. The Balaban J connectivity index is 1.89. The zero-order valence-electron chi connectivity index (χ0n) is 48.3. The summed E-state index contributed by atoms with van der Waals surface area (Å²) in [6, 6.07) is 13.4. The van der Waals surface area contributed by atoms with Gasteiger partial charge in [-0.3, -0.25) is 24.0 Å². The fraction of sp³-hybridized carbons (Fsp3) is 0.607. The molecule has 0 aromatic heterocycles. The van der Waals surface area contributed by atoms with Gasteiger partial charge >= 0.3 is 5.97 Å². The number of hydrogen-bond donors (Lipinski definition) is 6. The van der Waals surface area contributed by atoms with Gasteiger partial charge in [-0.05, 0) is 115 Å². The minimum atomic E-state index is -1.00. The minimum Gasteiger partial charge on any atom is -0.465 e. The number of ether oxygens (including phenoxy) is 4. The van der Waals surface area contributed by atoms with Crippen LogP contribution in [0.3, 0.4) is 0 Å². The molecule has 5 amide bonds. The normalized spacial score (nSPS) is 11.7. The number of nitrogens with two attached hydrogens (primary N) is 1. The first-order chi connectivity index (χ1) is 36.7. The molecule has 0 bridgehead atoms. The van der Waals surface area contributed by atoms with E-state index in [-0.39, 0.29) is 82.4 Å². The molecule has 0 saturated carbocycles. The third-order valence-electron chi connectivity index (χ3n) is 13.4. The lowest BCUT2D eigenvalue weighted by molar-refractivity contribution is -0.127. The van der Waals surface area contributed by atoms with Crippen molar-refractivity contribution in [1.29, 1.82) is 0 Å². The van der Waals surface area contributed by atoms with Crippen LogP contribution >= 0.6 is 0 Å². The Bertz CT molecular complexity index is 2350. The van der Waals surface area contributed by atoms with Crippen LogP contribution in [0, 0.1) is 16.2 Å². The Hall–Kier alpha value is -5.84. The lowest BCUT2D eigenvalue weighted by atomic mass is 9.93. The fourth-order valence-electron chi connectivity index (χ4n) is 8.19. The smallest absolute Gasteiger partial charge is 0.340 e. The monoisotopic (exact) mass is 1070 g/mol. The predicted molar refractivity (Wildman–Crippen MR) is 311 cm³/mol. The second kappa shape index (κ2) is 34.1. The number of unbranched alkanes of at least 4 members (excludes halogenated alkanes) is 15. The standard InChI is InChI=1S/C61H94N6O10/c1-11-14-17-20-23-26-35-75-41-59(4,5)56(71)65-50-32-29-44(62)38-47(50)53(68)63-45-30-33-51(66-57(72)60(6,7)42-76-36-27-24-21-18-15-12-2)48(39-45)54(69)64-46-31-34-52(49(40-46)55(70)74-10)67-58(73)61(8,9)43-77-37-28-25-22-19-16-13-3/h29-34,38-40H,11-28,35-37,41-43,62H2,1-10H3,(H,63,68)(H,64,69)(H,65,71)(H,66,72)(H,67,73). The molecule has 3 aromatic rings. The van der Waals surface area contributed by atoms with Crippen molar-refractivity contribution in [2.75, 3.05) is 79.1 Å². The van der Waals surface area contributed by atoms with Crippen LogP contribution in [-0.2, 0) is 33.3 Å². The van der Waals surface area contributed by atoms with Gasteiger partial charge in [0.1, 0.15) is 0 Å². The number of nitrogen functional groups attached to an aromatic ring is 1. The lowest BCUT2D eigenvalue weighted by Crippen LogP contribution is -2.36. The molecule has 16 nitrogen and oxygen atoms in total. The summed E-state index contributed by atoms with van der Waals surface area (Å²) < 4.78 is 22.9. The van der Waals surface area contributed by atoms with Crippen molar-refractivity contribution in [3.05, 3.63) is 71.3 Å². The van der Waals surface area contributed by atoms with Crippen molar-refractivity contribution >= 4 is 69.6 Å². The van der Waals surface area contributed by atoms with Gasteiger partial charge in [0, 0.05) is 36.9 Å². The Labute approximate surface area is 460 Å². The SMILES string of the molecule is CCCCCCCCOCC(C)(C)C(=O)Nc1ccc(N)cc1C(=O)Nc1ccc(NC(=O)C(C)(C)COCCCCCCCC)c(C(=O)Nc2ccc(NC(=O)C(C)(C)COCCCCCCCC)c(C(=O)OC)c2)c1. The predicted octanol–water partition coefficient (Wildman–Crippen LogP) is 13.6. The van der Waals surface area contributed by atoms with Gasteiger partial charge in [0.2, 0.25) is 17.7 Å². The number of anilines is 6. The van der Waals surface area contributed by atoms with Crippen LogP contribution in [0.2, 0.25) is 0 Å². The molecule has 0 radical (unpaired) electrons. The second-order valence-electron chi connectivity index (χ2n) is 22.2. The Morgan fingerprint density at radius 1 is 0.416 bits per heavy atom. The molecule has 77 heavy (non-hydrogen) atoms. The van der Waals surface area contributed by atoms with Gasteiger partial charge in [0.05, 0.1) is 76.9 Å². The summed E-state index contributed by atoms with van der Waals surface area (Å²) in [4.78, 5) is 83.1. The van der Waals surface area contributed by atoms with E-state index in [1.807, 2.05) is 0 Å². The fourth-order valence-corrected chi connectivity index (χ4v) is 8.19. The van der Waals surface area contributed by atoms with Crippen molar-refractivity contribution in [1.82, 2.24) is 0 Å². The van der Waals surface area contributed by atoms with Crippen LogP contribution < -0.4 is 32.3 Å². The molecule has 0 fully saturated rings. The van der Waals surface area contributed by atoms with E-state index in [1.54, 1.807) is 53.7 Å². The molecule has 7 N–H and O–H groups in total. The minimum absolute atomic E-state index is 0.0196. The number of hydrogen-bond acceptors (Lipinski definition) is 11. The molecule has 0 saturated heterocycles. The molecule has 3 aromatic carbocycles. The lowest BCUT2D eigenvalue weighted by Gasteiger charge is -2.25. The number of benzene rings is 3. The van der Waals surface area contributed by atoms with Gasteiger partial charge < -0.3 is 51.3 Å². The maximum atomic E-state index is 14.5. The van der Waals surface area contributed by atoms with Crippen molar-refractivity contribution in [3.63, 3.8) is 0 Å². The van der Waals surface area contributed by atoms with Crippen LogP contribution in [-0.4, -0.2) is 82.3 Å². The van der Waals surface area contributed by atoms with Gasteiger partial charge in [-0.25, -0.2) is 4.79 Å². The highest BCUT2D eigenvalue weighted by Gasteiger charge is 2.32. The highest BCUT2D eigenvalue weighted by Crippen LogP contribution is 2.30. The molecule has 428 valence electrons. The van der Waals surface area contributed by atoms with E-state index in [0.717, 1.165) is 57.8 Å². The molecule has 0 aliphatic carbocycles. The van der Waals surface area contributed by atoms with Gasteiger partial charge in [-0.2, -0.15) is 0 Å². The zero-order chi connectivity index (χ0) is 56.9. The van der Waals surface area contributed by atoms with E-state index in [1.165, 1.54) is 107 Å². The van der Waals surface area contributed by atoms with E-state index >= 15 is 0 Å². The number of rotatable bonds is 38. The summed E-state index contributed by atoms with van der Waals surface area (Å²) in [6.45, 7) is 19.2. The van der Waals surface area contributed by atoms with E-state index in [2.05, 4.69) is 47.4 Å². The Morgan fingerprint density at radius 2 is 0.727 bits per heavy atom. The van der Waals surface area contributed by atoms with Gasteiger partial charge in [-0.1, -0.05) is 117 Å². The number of nitrogens with one attached hydrogen (secondary N) is 5. The van der Waals surface area contributed by atoms with Gasteiger partial charge in [-0.15, -0.1) is 0 Å². The van der Waals surface area contributed by atoms with Crippen LogP contribution in [0.1, 0.15) is 209 Å². The molecule has 0 aliphatic rings. The van der Waals surface area contributed by atoms with Crippen molar-refractivity contribution in [2.24, 2.45) is 16.2 Å². The molecule has 16 heteroatoms. The summed E-state index contributed by atoms with van der Waals surface area (Å²) in [6.07, 6.45) is 20.0. The molecule has 0 aliphatic heterocycles. The van der Waals surface area contributed by atoms with Gasteiger partial charge in [0.25, 0.3) is 11.8 Å². The Kier molecular flexibility index (Phi) is 29.0. The Morgan fingerprint density at radius 3 is 1.09 bits per heavy atom. The highest BCUT2D eigenvalue weighted by molar-refractivity contribution is 6.14. The van der Waals surface area contributed by atoms with Crippen LogP contribution in [0.25, 0.3) is 0 Å². The summed E-state index contributed by atoms with van der Waals surface area (Å²) >= 11 is 0. The zero-order valence-corrected chi connectivity index (χ0v) is 48.3. The van der Waals surface area contributed by atoms with Crippen molar-refractivity contribution in [3.8, 4) is 0 Å². The van der Waals surface area contributed by atoms with Crippen LogP contribution in [0.4, 0.5) is 34.1 Å². The number of amides is 5. The summed E-state index contributed by atoms with van der Waals surface area (Å²) in [5, 5.41) is 14.3. The molecule has 0 spiro atoms. The largest absolute Gasteiger partial charge is 0.465 e. The number of carbonyl (C=O) groups is 6. The van der Waals surface area contributed by atoms with Gasteiger partial charge in [0.15, 0.2) is 0 Å². The van der Waals surface area contributed by atoms with Crippen molar-refractivity contribution < 1.29 is 47.7 Å². The van der Waals surface area contributed by atoms with E-state index in [0.29, 0.717) is 19.8 Å². The first kappa shape index (κ1) is 65.4. The average Bonchev–Trinajstić information content (AvgIpc) is 3.39. The number of esters is 1. The maximum absolute atomic E-state index is 14.5. The first-order valence-corrected chi connectivity index (χ1v) is 28.3. The molecular weight excluding hydrogens is 977 g/mol. The molecule has 0 heterocycles. The third kappa shape index (κ3) is 23.3. The topological polar surface area (TPSA) is 226 Å². The van der Waals surface area contributed by atoms with Crippen LogP contribution in [0.15, 0.2) is 54.6 Å². The molecule has 3 rings (SSSR count). The van der Waals surface area contributed by atoms with E-state index < -0.39 is 39.9 Å². The number of methoxy groups -OCH3 is 1. The summed E-state index contributed by atoms with van der Waals surface area (Å²) in [5.74, 6) is -3.24. The van der Waals surface area contributed by atoms with E-state index in [4.69, 9.17) is 24.7 Å². The quantitative estimate of drug-likeness (QED) is 0.0180. The van der Waals surface area contributed by atoms with E-state index in [9.17, 15) is 28.8 Å². The first-order valence-electron chi connectivity index (χ1n) is 28.3. The molecule has 0 unspecified atom stereocenters. The maximum Gasteiger partial charge on any atom is 0.340 e. The van der Waals surface area contributed by atoms with Crippen LogP contribution in [0.5, 0.6) is 0 Å². The summed E-state index contributed by atoms with van der Waals surface area (Å²) in [7, 11) is 1.21. The third-order valence-corrected chi connectivity index (χ3v) is 13.4. The summed E-state index contributed by atoms with van der Waals surface area (Å²) in [5.41, 5.74) is 4.44.